The number of amidine groups is 1. The summed E-state index contributed by atoms with van der Waals surface area (Å²) in [6.07, 6.45) is 6.19. The van der Waals surface area contributed by atoms with E-state index in [1.807, 2.05) is 54.3 Å². The molecule has 5 rings (SSSR count). The summed E-state index contributed by atoms with van der Waals surface area (Å²) >= 11 is 1.32. The van der Waals surface area contributed by atoms with Crippen LogP contribution in [-0.2, 0) is 9.59 Å². The quantitative estimate of drug-likeness (QED) is 0.602. The van der Waals surface area contributed by atoms with Gasteiger partial charge in [0, 0.05) is 13.1 Å². The molecule has 0 radical (unpaired) electrons. The van der Waals surface area contributed by atoms with Crippen LogP contribution >= 0.6 is 11.8 Å². The van der Waals surface area contributed by atoms with Crippen molar-refractivity contribution in [1.82, 2.24) is 4.90 Å². The molecule has 8 heteroatoms. The third-order valence-corrected chi connectivity index (χ3v) is 7.03. The molecule has 3 aliphatic heterocycles. The van der Waals surface area contributed by atoms with Crippen LogP contribution in [0, 0.1) is 6.92 Å². The Morgan fingerprint density at radius 3 is 2.53 bits per heavy atom. The van der Waals surface area contributed by atoms with Crippen LogP contribution in [0.3, 0.4) is 0 Å². The second-order valence-corrected chi connectivity index (χ2v) is 9.54. The van der Waals surface area contributed by atoms with Crippen molar-refractivity contribution in [2.45, 2.75) is 32.6 Å². The number of thioether (sulfide) groups is 1. The molecule has 0 bridgehead atoms. The molecule has 3 aliphatic rings. The van der Waals surface area contributed by atoms with Gasteiger partial charge in [-0.25, -0.2) is 4.99 Å². The smallest absolute Gasteiger partial charge is 0.283 e. The number of rotatable bonds is 4. The fourth-order valence-electron chi connectivity index (χ4n) is 4.21. The molecule has 2 aromatic carbocycles. The highest BCUT2D eigenvalue weighted by Gasteiger charge is 2.33. The fourth-order valence-corrected chi connectivity index (χ4v) is 5.13. The minimum absolute atomic E-state index is 0.0964. The van der Waals surface area contributed by atoms with E-state index in [9.17, 15) is 9.59 Å². The highest BCUT2D eigenvalue weighted by Crippen LogP contribution is 2.34. The average molecular weight is 478 g/mol. The number of carbonyl (C=O) groups is 2. The van der Waals surface area contributed by atoms with Gasteiger partial charge >= 0.3 is 0 Å². The van der Waals surface area contributed by atoms with Gasteiger partial charge in [0.2, 0.25) is 12.7 Å². The lowest BCUT2D eigenvalue weighted by Crippen LogP contribution is -2.35. The third kappa shape index (κ3) is 4.82. The zero-order valence-electron chi connectivity index (χ0n) is 19.2. The molecule has 1 fully saturated rings. The Hall–Kier alpha value is -3.26. The van der Waals surface area contributed by atoms with Crippen molar-refractivity contribution >= 4 is 40.5 Å². The summed E-state index contributed by atoms with van der Waals surface area (Å²) < 4.78 is 10.8. The van der Waals surface area contributed by atoms with Crippen LogP contribution in [0.5, 0.6) is 11.5 Å². The summed E-state index contributed by atoms with van der Waals surface area (Å²) in [6.45, 7) is 3.81. The summed E-state index contributed by atoms with van der Waals surface area (Å²) in [6, 6.07) is 13.3. The van der Waals surface area contributed by atoms with E-state index in [1.165, 1.54) is 24.6 Å². The van der Waals surface area contributed by atoms with E-state index in [4.69, 9.17) is 9.47 Å². The van der Waals surface area contributed by atoms with E-state index in [0.717, 1.165) is 42.7 Å². The highest BCUT2D eigenvalue weighted by molar-refractivity contribution is 8.14. The summed E-state index contributed by atoms with van der Waals surface area (Å²) in [5, 5.41) is 0.518. The molecule has 176 valence electrons. The first-order valence-corrected chi connectivity index (χ1v) is 12.6. The Labute approximate surface area is 203 Å². The van der Waals surface area contributed by atoms with E-state index in [1.54, 1.807) is 11.0 Å². The molecule has 1 saturated heterocycles. The van der Waals surface area contributed by atoms with Crippen molar-refractivity contribution < 1.29 is 19.1 Å². The van der Waals surface area contributed by atoms with Crippen LogP contribution in [0.1, 0.15) is 36.8 Å². The molecule has 7 nitrogen and oxygen atoms in total. The molecule has 0 aromatic heterocycles. The number of anilines is 1. The number of hydrogen-bond acceptors (Lipinski definition) is 6. The van der Waals surface area contributed by atoms with Gasteiger partial charge in [0.05, 0.1) is 11.4 Å². The van der Waals surface area contributed by atoms with Gasteiger partial charge < -0.3 is 14.4 Å². The molecule has 0 saturated carbocycles. The highest BCUT2D eigenvalue weighted by atomic mass is 32.2. The van der Waals surface area contributed by atoms with Crippen LogP contribution in [-0.4, -0.2) is 47.5 Å². The van der Waals surface area contributed by atoms with Crippen molar-refractivity contribution in [1.29, 1.82) is 0 Å². The van der Waals surface area contributed by atoms with Gasteiger partial charge in [0.15, 0.2) is 16.7 Å². The fraction of sp³-hybridized carbons (Fsp3) is 0.346. The van der Waals surface area contributed by atoms with Crippen LogP contribution in [0.2, 0.25) is 0 Å². The van der Waals surface area contributed by atoms with E-state index in [0.29, 0.717) is 22.4 Å². The number of fused-ring (bicyclic) bond motifs is 1. The summed E-state index contributed by atoms with van der Waals surface area (Å²) in [5.41, 5.74) is 2.96. The lowest BCUT2D eigenvalue weighted by atomic mass is 10.1. The van der Waals surface area contributed by atoms with E-state index < -0.39 is 0 Å². The predicted molar refractivity (Wildman–Crippen MR) is 134 cm³/mol. The number of aliphatic imine (C=N–C) groups is 1. The molecule has 0 spiro atoms. The summed E-state index contributed by atoms with van der Waals surface area (Å²) in [7, 11) is 0. The van der Waals surface area contributed by atoms with Crippen molar-refractivity contribution in [3.63, 3.8) is 0 Å². The van der Waals surface area contributed by atoms with Gasteiger partial charge in [-0.2, -0.15) is 0 Å². The van der Waals surface area contributed by atoms with E-state index in [-0.39, 0.29) is 24.4 Å². The SMILES string of the molecule is Cc1ccc(N2C(=O)/C(=C\c3ccc4c(c3)OCO4)N=C2SCC(=O)N2CCCCCC2)cc1. The normalized spacial score (nSPS) is 18.9. The lowest BCUT2D eigenvalue weighted by molar-refractivity contribution is -0.128. The molecule has 0 atom stereocenters. The van der Waals surface area contributed by atoms with Gasteiger partial charge in [-0.15, -0.1) is 0 Å². The maximum absolute atomic E-state index is 13.4. The Kier molecular flexibility index (Phi) is 6.58. The first-order chi connectivity index (χ1) is 16.6. The van der Waals surface area contributed by atoms with Crippen LogP contribution in [0.4, 0.5) is 5.69 Å². The van der Waals surface area contributed by atoms with Crippen molar-refractivity contribution in [2.75, 3.05) is 30.5 Å². The summed E-state index contributed by atoms with van der Waals surface area (Å²) in [5.74, 6) is 1.47. The Balaban J connectivity index is 1.39. The van der Waals surface area contributed by atoms with Crippen molar-refractivity contribution in [2.24, 2.45) is 4.99 Å². The summed E-state index contributed by atoms with van der Waals surface area (Å²) in [4.78, 5) is 34.5. The zero-order valence-corrected chi connectivity index (χ0v) is 20.0. The lowest BCUT2D eigenvalue weighted by Gasteiger charge is -2.21. The topological polar surface area (TPSA) is 71.4 Å². The number of likely N-dealkylation sites (tertiary alicyclic amines) is 1. The predicted octanol–water partition coefficient (Wildman–Crippen LogP) is 4.60. The van der Waals surface area contributed by atoms with Gasteiger partial charge in [-0.1, -0.05) is 48.4 Å². The Morgan fingerprint density at radius 2 is 1.76 bits per heavy atom. The largest absolute Gasteiger partial charge is 0.454 e. The monoisotopic (exact) mass is 477 g/mol. The second kappa shape index (κ2) is 9.93. The average Bonchev–Trinajstić information content (AvgIpc) is 3.31. The van der Waals surface area contributed by atoms with E-state index >= 15 is 0 Å². The molecular formula is C26H27N3O4S. The maximum Gasteiger partial charge on any atom is 0.283 e. The maximum atomic E-state index is 13.4. The minimum Gasteiger partial charge on any atom is -0.454 e. The van der Waals surface area contributed by atoms with Gasteiger partial charge in [-0.3, -0.25) is 14.5 Å². The van der Waals surface area contributed by atoms with Crippen molar-refractivity contribution in [3.05, 3.63) is 59.3 Å². The van der Waals surface area contributed by atoms with E-state index in [2.05, 4.69) is 4.99 Å². The molecule has 2 amide bonds. The molecule has 34 heavy (non-hydrogen) atoms. The van der Waals surface area contributed by atoms with Gasteiger partial charge in [0.25, 0.3) is 5.91 Å². The van der Waals surface area contributed by atoms with Crippen LogP contribution in [0.15, 0.2) is 53.2 Å². The molecular weight excluding hydrogens is 450 g/mol. The van der Waals surface area contributed by atoms with Crippen molar-refractivity contribution in [3.8, 4) is 11.5 Å². The molecule has 2 aromatic rings. The number of ether oxygens (including phenoxy) is 2. The number of aryl methyl sites for hydroxylation is 1. The third-order valence-electron chi connectivity index (χ3n) is 6.11. The number of nitrogens with zero attached hydrogens (tertiary/aromatic N) is 3. The molecule has 3 heterocycles. The number of hydrogen-bond donors (Lipinski definition) is 0. The molecule has 0 N–H and O–H groups in total. The van der Waals surface area contributed by atoms with Gasteiger partial charge in [0.1, 0.15) is 5.70 Å². The number of amides is 2. The van der Waals surface area contributed by atoms with Gasteiger partial charge in [-0.05, 0) is 55.7 Å². The number of benzene rings is 2. The Morgan fingerprint density at radius 1 is 1.03 bits per heavy atom. The molecule has 0 unspecified atom stereocenters. The first kappa shape index (κ1) is 22.5. The Bertz CT molecular complexity index is 1150. The minimum atomic E-state index is -0.216. The second-order valence-electron chi connectivity index (χ2n) is 8.60. The standard InChI is InChI=1S/C26H27N3O4S/c1-18-6-9-20(10-7-18)29-25(31)21(14-19-8-11-22-23(15-19)33-17-32-22)27-26(29)34-16-24(30)28-12-4-2-3-5-13-28/h6-11,14-15H,2-5,12-13,16-17H2,1H3/b21-14+. The zero-order chi connectivity index (χ0) is 23.5. The molecule has 0 aliphatic carbocycles. The first-order valence-electron chi connectivity index (χ1n) is 11.6. The van der Waals surface area contributed by atoms with Crippen LogP contribution < -0.4 is 14.4 Å². The number of carbonyl (C=O) groups excluding carboxylic acids is 2. The van der Waals surface area contributed by atoms with Crippen LogP contribution in [0.25, 0.3) is 6.08 Å².